The molecule has 1 saturated heterocycles. The Morgan fingerprint density at radius 2 is 1.94 bits per heavy atom. The third kappa shape index (κ3) is 2.44. The lowest BCUT2D eigenvalue weighted by Crippen LogP contribution is -2.30. The van der Waals surface area contributed by atoms with Crippen LogP contribution in [0, 0.1) is 0 Å². The standard InChI is InChI=1S/C14H20OS/c1-11(2)12-4-3-5-13(10-12)14(15)6-8-16-9-7-14/h3-5,10-11,15H,6-9H2,1-2H3. The maximum absolute atomic E-state index is 10.6. The van der Waals surface area contributed by atoms with E-state index in [-0.39, 0.29) is 0 Å². The van der Waals surface area contributed by atoms with Crippen LogP contribution in [0.15, 0.2) is 24.3 Å². The van der Waals surface area contributed by atoms with Crippen molar-refractivity contribution in [3.8, 4) is 0 Å². The van der Waals surface area contributed by atoms with E-state index in [9.17, 15) is 5.11 Å². The van der Waals surface area contributed by atoms with E-state index < -0.39 is 5.60 Å². The molecular formula is C14H20OS. The van der Waals surface area contributed by atoms with Crippen LogP contribution >= 0.6 is 11.8 Å². The van der Waals surface area contributed by atoms with Gasteiger partial charge in [0.2, 0.25) is 0 Å². The van der Waals surface area contributed by atoms with Crippen molar-refractivity contribution in [3.63, 3.8) is 0 Å². The minimum atomic E-state index is -0.573. The van der Waals surface area contributed by atoms with Gasteiger partial charge < -0.3 is 5.11 Å². The van der Waals surface area contributed by atoms with Gasteiger partial charge in [-0.15, -0.1) is 0 Å². The molecule has 2 rings (SSSR count). The summed E-state index contributed by atoms with van der Waals surface area (Å²) >= 11 is 1.94. The molecule has 0 unspecified atom stereocenters. The van der Waals surface area contributed by atoms with Gasteiger partial charge in [-0.25, -0.2) is 0 Å². The topological polar surface area (TPSA) is 20.2 Å². The smallest absolute Gasteiger partial charge is 0.0912 e. The van der Waals surface area contributed by atoms with Crippen molar-refractivity contribution in [2.75, 3.05) is 11.5 Å². The molecule has 1 aliphatic rings. The second-order valence-corrected chi connectivity index (χ2v) is 6.15. The van der Waals surface area contributed by atoms with Gasteiger partial charge in [-0.3, -0.25) is 0 Å². The van der Waals surface area contributed by atoms with E-state index in [0.717, 1.165) is 29.9 Å². The summed E-state index contributed by atoms with van der Waals surface area (Å²) in [5.41, 5.74) is 1.86. The highest BCUT2D eigenvalue weighted by Gasteiger charge is 2.31. The van der Waals surface area contributed by atoms with E-state index in [2.05, 4.69) is 38.1 Å². The predicted molar refractivity (Wildman–Crippen MR) is 71.0 cm³/mol. The van der Waals surface area contributed by atoms with Crippen molar-refractivity contribution in [3.05, 3.63) is 35.4 Å². The van der Waals surface area contributed by atoms with E-state index in [0.29, 0.717) is 5.92 Å². The molecule has 0 amide bonds. The summed E-state index contributed by atoms with van der Waals surface area (Å²) in [7, 11) is 0. The van der Waals surface area contributed by atoms with Crippen LogP contribution in [0.3, 0.4) is 0 Å². The molecule has 88 valence electrons. The van der Waals surface area contributed by atoms with Crippen molar-refractivity contribution in [1.82, 2.24) is 0 Å². The lowest BCUT2D eigenvalue weighted by atomic mass is 9.86. The zero-order chi connectivity index (χ0) is 11.6. The molecule has 1 N–H and O–H groups in total. The molecule has 0 radical (unpaired) electrons. The van der Waals surface area contributed by atoms with Crippen molar-refractivity contribution in [2.45, 2.75) is 38.2 Å². The van der Waals surface area contributed by atoms with Crippen LogP contribution in [-0.4, -0.2) is 16.6 Å². The lowest BCUT2D eigenvalue weighted by molar-refractivity contribution is 0.0280. The second kappa shape index (κ2) is 4.80. The first-order valence-corrected chi connectivity index (χ1v) is 7.18. The van der Waals surface area contributed by atoms with Crippen LogP contribution in [-0.2, 0) is 5.60 Å². The lowest BCUT2D eigenvalue weighted by Gasteiger charge is -2.32. The molecule has 1 aliphatic heterocycles. The van der Waals surface area contributed by atoms with Crippen LogP contribution in [0.4, 0.5) is 0 Å². The van der Waals surface area contributed by atoms with Gasteiger partial charge in [0.15, 0.2) is 0 Å². The van der Waals surface area contributed by atoms with Gasteiger partial charge in [-0.1, -0.05) is 38.1 Å². The van der Waals surface area contributed by atoms with E-state index >= 15 is 0 Å². The van der Waals surface area contributed by atoms with Crippen LogP contribution in [0.5, 0.6) is 0 Å². The molecule has 1 aromatic rings. The Morgan fingerprint density at radius 1 is 1.25 bits per heavy atom. The first kappa shape index (κ1) is 12.0. The normalized spacial score (nSPS) is 20.0. The van der Waals surface area contributed by atoms with Crippen LogP contribution < -0.4 is 0 Å². The minimum Gasteiger partial charge on any atom is -0.385 e. The Balaban J connectivity index is 2.28. The average Bonchev–Trinajstić information content (AvgIpc) is 2.30. The van der Waals surface area contributed by atoms with Gasteiger partial charge >= 0.3 is 0 Å². The molecule has 0 spiro atoms. The van der Waals surface area contributed by atoms with Crippen molar-refractivity contribution in [2.24, 2.45) is 0 Å². The SMILES string of the molecule is CC(C)c1cccc(C2(O)CCSCC2)c1. The van der Waals surface area contributed by atoms with E-state index in [4.69, 9.17) is 0 Å². The number of thioether (sulfide) groups is 1. The molecule has 0 atom stereocenters. The van der Waals surface area contributed by atoms with Crippen molar-refractivity contribution in [1.29, 1.82) is 0 Å². The van der Waals surface area contributed by atoms with E-state index in [1.165, 1.54) is 5.56 Å². The molecule has 0 bridgehead atoms. The maximum Gasteiger partial charge on any atom is 0.0912 e. The molecule has 0 aliphatic carbocycles. The number of hydrogen-bond acceptors (Lipinski definition) is 2. The van der Waals surface area contributed by atoms with Crippen molar-refractivity contribution < 1.29 is 5.11 Å². The summed E-state index contributed by atoms with van der Waals surface area (Å²) in [6.07, 6.45) is 1.78. The summed E-state index contributed by atoms with van der Waals surface area (Å²) in [4.78, 5) is 0. The molecular weight excluding hydrogens is 216 g/mol. The number of hydrogen-bond donors (Lipinski definition) is 1. The highest BCUT2D eigenvalue weighted by atomic mass is 32.2. The Kier molecular flexibility index (Phi) is 3.60. The monoisotopic (exact) mass is 236 g/mol. The minimum absolute atomic E-state index is 0.529. The average molecular weight is 236 g/mol. The van der Waals surface area contributed by atoms with Gasteiger partial charge in [0.05, 0.1) is 5.60 Å². The Labute approximate surface area is 102 Å². The Hall–Kier alpha value is -0.470. The fourth-order valence-electron chi connectivity index (χ4n) is 2.19. The van der Waals surface area contributed by atoms with Gasteiger partial charge in [0.1, 0.15) is 0 Å². The zero-order valence-corrected chi connectivity index (χ0v) is 10.9. The molecule has 1 aromatic carbocycles. The summed E-state index contributed by atoms with van der Waals surface area (Å²) in [6.45, 7) is 4.39. The second-order valence-electron chi connectivity index (χ2n) is 4.92. The van der Waals surface area contributed by atoms with E-state index in [1.807, 2.05) is 11.8 Å². The molecule has 1 heterocycles. The molecule has 1 fully saturated rings. The molecule has 1 nitrogen and oxygen atoms in total. The molecule has 0 saturated carbocycles. The van der Waals surface area contributed by atoms with Gasteiger partial charge in [0.25, 0.3) is 0 Å². The number of rotatable bonds is 2. The highest BCUT2D eigenvalue weighted by Crippen LogP contribution is 2.36. The Bertz CT molecular complexity index is 354. The first-order valence-electron chi connectivity index (χ1n) is 6.02. The first-order chi connectivity index (χ1) is 7.62. The zero-order valence-electron chi connectivity index (χ0n) is 10.1. The summed E-state index contributed by atoms with van der Waals surface area (Å²) in [6, 6.07) is 8.47. The maximum atomic E-state index is 10.6. The highest BCUT2D eigenvalue weighted by molar-refractivity contribution is 7.99. The molecule has 2 heteroatoms. The molecule has 16 heavy (non-hydrogen) atoms. The van der Waals surface area contributed by atoms with E-state index in [1.54, 1.807) is 0 Å². The number of aliphatic hydroxyl groups is 1. The Morgan fingerprint density at radius 3 is 2.56 bits per heavy atom. The van der Waals surface area contributed by atoms with Crippen LogP contribution in [0.2, 0.25) is 0 Å². The van der Waals surface area contributed by atoms with Crippen LogP contribution in [0.25, 0.3) is 0 Å². The third-order valence-electron chi connectivity index (χ3n) is 3.41. The molecule has 0 aromatic heterocycles. The summed E-state index contributed by atoms with van der Waals surface area (Å²) in [5, 5.41) is 10.6. The summed E-state index contributed by atoms with van der Waals surface area (Å²) in [5.74, 6) is 2.67. The fraction of sp³-hybridized carbons (Fsp3) is 0.571. The largest absolute Gasteiger partial charge is 0.385 e. The fourth-order valence-corrected chi connectivity index (χ4v) is 3.35. The predicted octanol–water partition coefficient (Wildman–Crippen LogP) is 3.52. The number of benzene rings is 1. The summed E-state index contributed by atoms with van der Waals surface area (Å²) < 4.78 is 0. The third-order valence-corrected chi connectivity index (χ3v) is 4.40. The van der Waals surface area contributed by atoms with Gasteiger partial charge in [-0.2, -0.15) is 11.8 Å². The quantitative estimate of drug-likeness (QED) is 0.847. The van der Waals surface area contributed by atoms with Gasteiger partial charge in [-0.05, 0) is 41.4 Å². The van der Waals surface area contributed by atoms with Gasteiger partial charge in [0, 0.05) is 0 Å². The van der Waals surface area contributed by atoms with Crippen LogP contribution in [0.1, 0.15) is 43.7 Å². The van der Waals surface area contributed by atoms with Crippen molar-refractivity contribution >= 4 is 11.8 Å².